The van der Waals surface area contributed by atoms with Crippen LogP contribution >= 0.6 is 22.9 Å². The Hall–Kier alpha value is -2.51. The van der Waals surface area contributed by atoms with E-state index in [1.807, 2.05) is 24.3 Å². The van der Waals surface area contributed by atoms with Crippen molar-refractivity contribution < 1.29 is 9.53 Å². The Labute approximate surface area is 185 Å². The minimum Gasteiger partial charge on any atom is -0.461 e. The average molecular weight is 445 g/mol. The molecule has 0 amide bonds. The lowest BCUT2D eigenvalue weighted by Gasteiger charge is -2.32. The zero-order valence-electron chi connectivity index (χ0n) is 17.3. The van der Waals surface area contributed by atoms with Gasteiger partial charge in [0.05, 0.1) is 12.6 Å². The third-order valence-electron chi connectivity index (χ3n) is 4.44. The number of carbonyl (C=O) groups is 1. The van der Waals surface area contributed by atoms with E-state index in [1.54, 1.807) is 30.8 Å². The van der Waals surface area contributed by atoms with Crippen molar-refractivity contribution in [2.75, 3.05) is 11.5 Å². The zero-order valence-corrected chi connectivity index (χ0v) is 18.9. The molecule has 0 N–H and O–H groups in total. The van der Waals surface area contributed by atoms with E-state index in [4.69, 9.17) is 16.3 Å². The summed E-state index contributed by atoms with van der Waals surface area (Å²) >= 11 is 7.52. The van der Waals surface area contributed by atoms with Crippen molar-refractivity contribution in [1.82, 2.24) is 15.0 Å². The van der Waals surface area contributed by atoms with E-state index >= 15 is 0 Å². The third-order valence-corrected chi connectivity index (χ3v) is 5.64. The first-order valence-corrected chi connectivity index (χ1v) is 11.1. The Morgan fingerprint density at radius 2 is 1.90 bits per heavy atom. The molecule has 3 aromatic rings. The molecule has 8 heteroatoms. The number of thiazole rings is 1. The standard InChI is InChI=1S/C22H25ClN4O2S/c1-4-29-21(28)18-14-30-20(26-18)19(12-15(2)3)27(22-24-10-5-11-25-22)13-16-6-8-17(23)9-7-16/h5-11,14-15,19H,4,12-13H2,1-3H3. The quantitative estimate of drug-likeness (QED) is 0.402. The van der Waals surface area contributed by atoms with Gasteiger partial charge in [-0.25, -0.2) is 19.7 Å². The summed E-state index contributed by atoms with van der Waals surface area (Å²) in [5, 5.41) is 3.29. The highest BCUT2D eigenvalue weighted by Crippen LogP contribution is 2.34. The second-order valence-corrected chi connectivity index (χ2v) is 8.57. The Balaban J connectivity index is 1.99. The summed E-state index contributed by atoms with van der Waals surface area (Å²) in [6, 6.07) is 9.45. The summed E-state index contributed by atoms with van der Waals surface area (Å²) in [5.74, 6) is 0.621. The largest absolute Gasteiger partial charge is 0.461 e. The number of nitrogens with zero attached hydrogens (tertiary/aromatic N) is 4. The van der Waals surface area contributed by atoms with E-state index in [1.165, 1.54) is 11.3 Å². The van der Waals surface area contributed by atoms with Crippen LogP contribution in [-0.2, 0) is 11.3 Å². The molecule has 0 aliphatic carbocycles. The van der Waals surface area contributed by atoms with E-state index in [2.05, 4.69) is 33.7 Å². The molecule has 1 unspecified atom stereocenters. The molecule has 0 radical (unpaired) electrons. The SMILES string of the molecule is CCOC(=O)c1csc(C(CC(C)C)N(Cc2ccc(Cl)cc2)c2ncccn2)n1. The Bertz CT molecular complexity index is 947. The van der Waals surface area contributed by atoms with Crippen LogP contribution in [0, 0.1) is 5.92 Å². The second kappa shape index (κ2) is 10.5. The van der Waals surface area contributed by atoms with Crippen molar-refractivity contribution in [3.63, 3.8) is 0 Å². The van der Waals surface area contributed by atoms with Crippen LogP contribution in [-0.4, -0.2) is 27.5 Å². The summed E-state index contributed by atoms with van der Waals surface area (Å²) in [7, 11) is 0. The lowest BCUT2D eigenvalue weighted by atomic mass is 10.0. The Morgan fingerprint density at radius 3 is 2.53 bits per heavy atom. The van der Waals surface area contributed by atoms with Gasteiger partial charge in [-0.05, 0) is 43.0 Å². The number of aromatic nitrogens is 3. The molecule has 1 atom stereocenters. The van der Waals surface area contributed by atoms with Gasteiger partial charge in [0.2, 0.25) is 5.95 Å². The lowest BCUT2D eigenvalue weighted by Crippen LogP contribution is -2.31. The monoisotopic (exact) mass is 444 g/mol. The first-order chi connectivity index (χ1) is 14.5. The number of ether oxygens (including phenoxy) is 1. The van der Waals surface area contributed by atoms with Gasteiger partial charge in [-0.3, -0.25) is 0 Å². The van der Waals surface area contributed by atoms with Crippen molar-refractivity contribution in [3.05, 3.63) is 69.4 Å². The van der Waals surface area contributed by atoms with Gasteiger partial charge in [0.15, 0.2) is 5.69 Å². The van der Waals surface area contributed by atoms with Crippen LogP contribution < -0.4 is 4.90 Å². The maximum atomic E-state index is 12.1. The molecule has 0 saturated heterocycles. The van der Waals surface area contributed by atoms with Gasteiger partial charge < -0.3 is 9.64 Å². The topological polar surface area (TPSA) is 68.2 Å². The van der Waals surface area contributed by atoms with Crippen LogP contribution in [0.25, 0.3) is 0 Å². The molecule has 2 heterocycles. The predicted octanol–water partition coefficient (Wildman–Crippen LogP) is 5.56. The molecule has 0 spiro atoms. The summed E-state index contributed by atoms with van der Waals surface area (Å²) in [5.41, 5.74) is 1.42. The fourth-order valence-electron chi connectivity index (χ4n) is 3.09. The van der Waals surface area contributed by atoms with Gasteiger partial charge in [-0.1, -0.05) is 37.6 Å². The van der Waals surface area contributed by atoms with Crippen LogP contribution in [0.4, 0.5) is 5.95 Å². The summed E-state index contributed by atoms with van der Waals surface area (Å²) in [6.45, 7) is 7.03. The molecular formula is C22H25ClN4O2S. The smallest absolute Gasteiger partial charge is 0.357 e. The van der Waals surface area contributed by atoms with Crippen LogP contribution in [0.2, 0.25) is 5.02 Å². The minimum atomic E-state index is -0.400. The molecular weight excluding hydrogens is 420 g/mol. The molecule has 0 bridgehead atoms. The molecule has 158 valence electrons. The first-order valence-electron chi connectivity index (χ1n) is 9.88. The highest BCUT2D eigenvalue weighted by molar-refractivity contribution is 7.09. The highest BCUT2D eigenvalue weighted by Gasteiger charge is 2.28. The molecule has 0 aliphatic rings. The Morgan fingerprint density at radius 1 is 1.20 bits per heavy atom. The number of benzene rings is 1. The maximum absolute atomic E-state index is 12.1. The number of halogens is 1. The van der Waals surface area contributed by atoms with Crippen LogP contribution in [0.1, 0.15) is 54.3 Å². The zero-order chi connectivity index (χ0) is 21.5. The summed E-state index contributed by atoms with van der Waals surface area (Å²) < 4.78 is 5.11. The molecule has 0 aliphatic heterocycles. The van der Waals surface area contributed by atoms with Crippen molar-refractivity contribution in [1.29, 1.82) is 0 Å². The Kier molecular flexibility index (Phi) is 7.76. The van der Waals surface area contributed by atoms with E-state index in [0.717, 1.165) is 17.0 Å². The maximum Gasteiger partial charge on any atom is 0.357 e. The number of hydrogen-bond acceptors (Lipinski definition) is 7. The lowest BCUT2D eigenvalue weighted by molar-refractivity contribution is 0.0520. The molecule has 1 aromatic carbocycles. The molecule has 2 aromatic heterocycles. The van der Waals surface area contributed by atoms with Gasteiger partial charge in [-0.15, -0.1) is 11.3 Å². The van der Waals surface area contributed by atoms with Crippen LogP contribution in [0.5, 0.6) is 0 Å². The number of esters is 1. The summed E-state index contributed by atoms with van der Waals surface area (Å²) in [4.78, 5) is 27.9. The number of carbonyl (C=O) groups excluding carboxylic acids is 1. The van der Waals surface area contributed by atoms with Gasteiger partial charge >= 0.3 is 5.97 Å². The first kappa shape index (κ1) is 22.2. The molecule has 30 heavy (non-hydrogen) atoms. The van der Waals surface area contributed by atoms with E-state index < -0.39 is 5.97 Å². The number of anilines is 1. The van der Waals surface area contributed by atoms with Crippen molar-refractivity contribution in [3.8, 4) is 0 Å². The van der Waals surface area contributed by atoms with Gasteiger partial charge in [0.25, 0.3) is 0 Å². The third kappa shape index (κ3) is 5.77. The normalized spacial score (nSPS) is 12.0. The fraction of sp³-hybridized carbons (Fsp3) is 0.364. The minimum absolute atomic E-state index is 0.0868. The van der Waals surface area contributed by atoms with Gasteiger partial charge in [0, 0.05) is 29.3 Å². The van der Waals surface area contributed by atoms with E-state index in [9.17, 15) is 4.79 Å². The van der Waals surface area contributed by atoms with Crippen molar-refractivity contribution in [2.45, 2.75) is 39.8 Å². The predicted molar refractivity (Wildman–Crippen MR) is 120 cm³/mol. The second-order valence-electron chi connectivity index (χ2n) is 7.24. The van der Waals surface area contributed by atoms with Crippen molar-refractivity contribution in [2.24, 2.45) is 5.92 Å². The summed E-state index contributed by atoms with van der Waals surface area (Å²) in [6.07, 6.45) is 4.30. The number of rotatable bonds is 9. The molecule has 0 saturated carbocycles. The van der Waals surface area contributed by atoms with Crippen LogP contribution in [0.3, 0.4) is 0 Å². The van der Waals surface area contributed by atoms with E-state index in [-0.39, 0.29) is 6.04 Å². The van der Waals surface area contributed by atoms with Gasteiger partial charge in [-0.2, -0.15) is 0 Å². The highest BCUT2D eigenvalue weighted by atomic mass is 35.5. The fourth-order valence-corrected chi connectivity index (χ4v) is 4.13. The van der Waals surface area contributed by atoms with E-state index in [0.29, 0.717) is 35.7 Å². The molecule has 6 nitrogen and oxygen atoms in total. The molecule has 3 rings (SSSR count). The average Bonchev–Trinajstić information content (AvgIpc) is 3.23. The molecule has 0 fully saturated rings. The van der Waals surface area contributed by atoms with Crippen LogP contribution in [0.15, 0.2) is 48.1 Å². The van der Waals surface area contributed by atoms with Gasteiger partial charge in [0.1, 0.15) is 5.01 Å². The number of hydrogen-bond donors (Lipinski definition) is 0. The van der Waals surface area contributed by atoms with Crippen molar-refractivity contribution >= 4 is 34.9 Å².